The summed E-state index contributed by atoms with van der Waals surface area (Å²) in [6.07, 6.45) is 3.33. The minimum atomic E-state index is -0.258. The van der Waals surface area contributed by atoms with Crippen LogP contribution in [0.3, 0.4) is 0 Å². The number of amides is 1. The molecule has 4 nitrogen and oxygen atoms in total. The number of benzene rings is 2. The lowest BCUT2D eigenvalue weighted by molar-refractivity contribution is -0.122. The lowest BCUT2D eigenvalue weighted by Crippen LogP contribution is -2.22. The molecule has 0 aromatic heterocycles. The van der Waals surface area contributed by atoms with Crippen LogP contribution in [0.1, 0.15) is 11.1 Å². The molecule has 120 valence electrons. The molecule has 0 spiro atoms. The predicted octanol–water partition coefficient (Wildman–Crippen LogP) is 4.39. The monoisotopic (exact) mass is 418 g/mol. The fraction of sp³-hybridized carbons (Fsp3) is 0. The van der Waals surface area contributed by atoms with Gasteiger partial charge in [0.15, 0.2) is 4.32 Å². The third kappa shape index (κ3) is 3.92. The molecule has 0 radical (unpaired) electrons. The highest BCUT2D eigenvalue weighted by Gasteiger charge is 2.31. The number of rotatable bonds is 3. The van der Waals surface area contributed by atoms with Gasteiger partial charge >= 0.3 is 0 Å². The average Bonchev–Trinajstić information content (AvgIpc) is 2.83. The molecule has 2 aromatic carbocycles. The summed E-state index contributed by atoms with van der Waals surface area (Å²) in [7, 11) is 0. The number of hydrazone groups is 1. The Labute approximate surface area is 157 Å². The highest BCUT2D eigenvalue weighted by atomic mass is 79.9. The van der Waals surface area contributed by atoms with E-state index in [4.69, 9.17) is 12.2 Å². The average molecular weight is 419 g/mol. The van der Waals surface area contributed by atoms with E-state index in [1.165, 1.54) is 16.8 Å². The molecule has 1 fully saturated rings. The van der Waals surface area contributed by atoms with Crippen molar-refractivity contribution in [3.63, 3.8) is 0 Å². The Morgan fingerprint density at radius 1 is 1.08 bits per heavy atom. The van der Waals surface area contributed by atoms with Crippen molar-refractivity contribution in [1.82, 2.24) is 5.01 Å². The maximum absolute atomic E-state index is 12.4. The fourth-order valence-electron chi connectivity index (χ4n) is 1.95. The van der Waals surface area contributed by atoms with Crippen molar-refractivity contribution in [1.29, 1.82) is 0 Å². The SMILES string of the molecule is O=C1/C(=C\c2ccc(O)cc2)SC(=S)N1/N=C/c1ccc(Br)cc1. The van der Waals surface area contributed by atoms with Crippen LogP contribution in [0.25, 0.3) is 6.08 Å². The van der Waals surface area contributed by atoms with Gasteiger partial charge in [-0.05, 0) is 53.7 Å². The summed E-state index contributed by atoms with van der Waals surface area (Å²) in [6.45, 7) is 0. The highest BCUT2D eigenvalue weighted by molar-refractivity contribution is 9.10. The summed E-state index contributed by atoms with van der Waals surface area (Å²) in [5, 5.41) is 14.7. The topological polar surface area (TPSA) is 52.9 Å². The molecule has 0 saturated carbocycles. The van der Waals surface area contributed by atoms with Crippen LogP contribution in [-0.2, 0) is 4.79 Å². The normalized spacial score (nSPS) is 16.5. The number of thiocarbonyl (C=S) groups is 1. The van der Waals surface area contributed by atoms with E-state index in [1.54, 1.807) is 36.6 Å². The molecule has 0 aliphatic carbocycles. The molecule has 1 saturated heterocycles. The van der Waals surface area contributed by atoms with E-state index in [2.05, 4.69) is 21.0 Å². The maximum atomic E-state index is 12.4. The van der Waals surface area contributed by atoms with Crippen LogP contribution in [-0.4, -0.2) is 26.6 Å². The standard InChI is InChI=1S/C17H11BrN2O2S2/c18-13-5-1-12(2-6-13)10-19-20-16(22)15(24-17(20)23)9-11-3-7-14(21)8-4-11/h1-10,21H/b15-9+,19-10+. The van der Waals surface area contributed by atoms with Crippen LogP contribution in [0.15, 0.2) is 63.0 Å². The van der Waals surface area contributed by atoms with Crippen LogP contribution >= 0.6 is 39.9 Å². The molecule has 7 heteroatoms. The first-order valence-corrected chi connectivity index (χ1v) is 8.91. The number of phenols is 1. The second-order valence-corrected chi connectivity index (χ2v) is 7.47. The van der Waals surface area contributed by atoms with Crippen molar-refractivity contribution in [3.8, 4) is 5.75 Å². The Morgan fingerprint density at radius 2 is 1.71 bits per heavy atom. The van der Waals surface area contributed by atoms with Crippen LogP contribution in [0, 0.1) is 0 Å². The van der Waals surface area contributed by atoms with Crippen LogP contribution in [0.5, 0.6) is 5.75 Å². The van der Waals surface area contributed by atoms with Gasteiger partial charge in [-0.3, -0.25) is 4.79 Å². The van der Waals surface area contributed by atoms with Gasteiger partial charge in [-0.15, -0.1) is 0 Å². The molecule has 1 heterocycles. The number of carbonyl (C=O) groups excluding carboxylic acids is 1. The number of halogens is 1. The van der Waals surface area contributed by atoms with Gasteiger partial charge in [0.1, 0.15) is 5.75 Å². The van der Waals surface area contributed by atoms with E-state index in [0.717, 1.165) is 15.6 Å². The van der Waals surface area contributed by atoms with Crippen molar-refractivity contribution in [2.45, 2.75) is 0 Å². The Bertz CT molecular complexity index is 846. The fourth-order valence-corrected chi connectivity index (χ4v) is 3.39. The Kier molecular flexibility index (Phi) is 5.13. The van der Waals surface area contributed by atoms with E-state index in [1.807, 2.05) is 24.3 Å². The Morgan fingerprint density at radius 3 is 2.38 bits per heavy atom. The summed E-state index contributed by atoms with van der Waals surface area (Å²) in [5.41, 5.74) is 1.68. The zero-order chi connectivity index (χ0) is 17.1. The predicted molar refractivity (Wildman–Crippen MR) is 105 cm³/mol. The number of nitrogens with zero attached hydrogens (tertiary/aromatic N) is 2. The zero-order valence-electron chi connectivity index (χ0n) is 12.2. The van der Waals surface area contributed by atoms with Gasteiger partial charge in [0.05, 0.1) is 11.1 Å². The first kappa shape index (κ1) is 16.9. The van der Waals surface area contributed by atoms with Crippen LogP contribution < -0.4 is 0 Å². The van der Waals surface area contributed by atoms with Crippen LogP contribution in [0.4, 0.5) is 0 Å². The molecular weight excluding hydrogens is 408 g/mol. The first-order valence-electron chi connectivity index (χ1n) is 6.89. The van der Waals surface area contributed by atoms with Gasteiger partial charge in [0, 0.05) is 4.47 Å². The largest absolute Gasteiger partial charge is 0.508 e. The van der Waals surface area contributed by atoms with Gasteiger partial charge in [0.2, 0.25) is 0 Å². The minimum Gasteiger partial charge on any atom is -0.508 e. The molecule has 0 atom stereocenters. The lowest BCUT2D eigenvalue weighted by atomic mass is 10.2. The van der Waals surface area contributed by atoms with E-state index in [-0.39, 0.29) is 11.7 Å². The van der Waals surface area contributed by atoms with Crippen molar-refractivity contribution in [3.05, 3.63) is 69.0 Å². The van der Waals surface area contributed by atoms with Crippen molar-refractivity contribution < 1.29 is 9.90 Å². The Hall–Kier alpha value is -1.96. The Balaban J connectivity index is 1.78. The first-order chi connectivity index (χ1) is 11.5. The van der Waals surface area contributed by atoms with E-state index in [0.29, 0.717) is 9.23 Å². The van der Waals surface area contributed by atoms with E-state index >= 15 is 0 Å². The smallest absolute Gasteiger partial charge is 0.286 e. The molecule has 2 aromatic rings. The van der Waals surface area contributed by atoms with Crippen LogP contribution in [0.2, 0.25) is 0 Å². The van der Waals surface area contributed by atoms with Gasteiger partial charge < -0.3 is 5.11 Å². The summed E-state index contributed by atoms with van der Waals surface area (Å²) >= 11 is 9.81. The van der Waals surface area contributed by atoms with Gasteiger partial charge in [-0.1, -0.05) is 52.0 Å². The maximum Gasteiger partial charge on any atom is 0.286 e. The quantitative estimate of drug-likeness (QED) is 0.456. The van der Waals surface area contributed by atoms with Gasteiger partial charge in [-0.2, -0.15) is 10.1 Å². The van der Waals surface area contributed by atoms with Crippen molar-refractivity contribution >= 4 is 62.4 Å². The van der Waals surface area contributed by atoms with E-state index in [9.17, 15) is 9.90 Å². The molecule has 0 unspecified atom stereocenters. The van der Waals surface area contributed by atoms with Gasteiger partial charge in [0.25, 0.3) is 5.91 Å². The third-order valence-corrected chi connectivity index (χ3v) is 4.97. The van der Waals surface area contributed by atoms with Gasteiger partial charge in [-0.25, -0.2) is 0 Å². The lowest BCUT2D eigenvalue weighted by Gasteiger charge is -2.06. The number of hydrogen-bond donors (Lipinski definition) is 1. The molecular formula is C17H11BrN2O2S2. The summed E-state index contributed by atoms with van der Waals surface area (Å²) in [4.78, 5) is 12.9. The summed E-state index contributed by atoms with van der Waals surface area (Å²) in [5.74, 6) is -0.0785. The number of hydrogen-bond acceptors (Lipinski definition) is 5. The zero-order valence-corrected chi connectivity index (χ0v) is 15.4. The molecule has 1 N–H and O–H groups in total. The molecule has 1 aliphatic rings. The second-order valence-electron chi connectivity index (χ2n) is 4.88. The van der Waals surface area contributed by atoms with E-state index < -0.39 is 0 Å². The number of aromatic hydroxyl groups is 1. The molecule has 0 bridgehead atoms. The minimum absolute atomic E-state index is 0.179. The summed E-state index contributed by atoms with van der Waals surface area (Å²) in [6, 6.07) is 14.2. The molecule has 3 rings (SSSR count). The molecule has 1 amide bonds. The van der Waals surface area contributed by atoms with Crippen molar-refractivity contribution in [2.75, 3.05) is 0 Å². The van der Waals surface area contributed by atoms with Crippen molar-refractivity contribution in [2.24, 2.45) is 5.10 Å². The summed E-state index contributed by atoms with van der Waals surface area (Å²) < 4.78 is 1.36. The number of phenolic OH excluding ortho intramolecular Hbond substituents is 1. The molecule has 24 heavy (non-hydrogen) atoms. The number of thioether (sulfide) groups is 1. The number of carbonyl (C=O) groups is 1. The molecule has 1 aliphatic heterocycles. The highest BCUT2D eigenvalue weighted by Crippen LogP contribution is 2.32. The third-order valence-electron chi connectivity index (χ3n) is 3.16. The second kappa shape index (κ2) is 7.29.